The van der Waals surface area contributed by atoms with Gasteiger partial charge >= 0.3 is 5.97 Å². The highest BCUT2D eigenvalue weighted by Crippen LogP contribution is 2.28. The van der Waals surface area contributed by atoms with Crippen molar-refractivity contribution < 1.29 is 9.53 Å². The Hall–Kier alpha value is -4.07. The largest absolute Gasteiger partial charge is 0.461 e. The van der Waals surface area contributed by atoms with Crippen LogP contribution in [0.4, 0.5) is 5.82 Å². The molecule has 2 aromatic carbocycles. The van der Waals surface area contributed by atoms with Crippen LogP contribution in [0.1, 0.15) is 43.7 Å². The summed E-state index contributed by atoms with van der Waals surface area (Å²) in [6.45, 7) is 10.1. The predicted octanol–water partition coefficient (Wildman–Crippen LogP) is 5.09. The van der Waals surface area contributed by atoms with E-state index < -0.39 is 5.97 Å². The molecule has 1 N–H and O–H groups in total. The average molecular weight is 457 g/mol. The Balaban J connectivity index is 1.96. The van der Waals surface area contributed by atoms with Crippen molar-refractivity contribution in [3.63, 3.8) is 0 Å². The smallest absolute Gasteiger partial charge is 0.357 e. The second-order valence-electron chi connectivity index (χ2n) is 8.95. The third kappa shape index (κ3) is 5.11. The van der Waals surface area contributed by atoms with Gasteiger partial charge < -0.3 is 10.1 Å². The molecular formula is C26H28N6O2. The fourth-order valence-electron chi connectivity index (χ4n) is 3.43. The lowest BCUT2D eigenvalue weighted by Crippen LogP contribution is -2.27. The SMILES string of the molecule is CCOC(=O)c1cc(NC(C)(C)C)nc(-n2c(-c3ccccc3)nnc2-c2ccc(C)cc2)n1. The van der Waals surface area contributed by atoms with Crippen LogP contribution in [0.15, 0.2) is 60.7 Å². The van der Waals surface area contributed by atoms with Gasteiger partial charge in [-0.1, -0.05) is 60.2 Å². The third-order valence-electron chi connectivity index (χ3n) is 4.91. The Morgan fingerprint density at radius 3 is 2.15 bits per heavy atom. The molecule has 0 fully saturated rings. The molecule has 0 aliphatic heterocycles. The molecule has 4 rings (SSSR count). The zero-order valence-corrected chi connectivity index (χ0v) is 20.0. The van der Waals surface area contributed by atoms with E-state index in [9.17, 15) is 4.79 Å². The van der Waals surface area contributed by atoms with E-state index in [1.807, 2.05) is 82.3 Å². The topological polar surface area (TPSA) is 94.8 Å². The minimum absolute atomic E-state index is 0.154. The Bertz CT molecular complexity index is 1290. The van der Waals surface area contributed by atoms with Crippen molar-refractivity contribution in [3.05, 3.63) is 71.9 Å². The Morgan fingerprint density at radius 2 is 1.56 bits per heavy atom. The van der Waals surface area contributed by atoms with Gasteiger partial charge in [0.25, 0.3) is 0 Å². The Labute approximate surface area is 199 Å². The lowest BCUT2D eigenvalue weighted by atomic mass is 10.1. The number of aromatic nitrogens is 5. The lowest BCUT2D eigenvalue weighted by Gasteiger charge is -2.22. The number of benzene rings is 2. The minimum Gasteiger partial charge on any atom is -0.461 e. The van der Waals surface area contributed by atoms with Gasteiger partial charge in [-0.25, -0.2) is 14.3 Å². The van der Waals surface area contributed by atoms with Crippen molar-refractivity contribution in [2.75, 3.05) is 11.9 Å². The number of rotatable bonds is 6. The van der Waals surface area contributed by atoms with Gasteiger partial charge in [-0.05, 0) is 34.6 Å². The van der Waals surface area contributed by atoms with E-state index in [1.165, 1.54) is 0 Å². The quantitative estimate of drug-likeness (QED) is 0.404. The molecule has 0 bridgehead atoms. The van der Waals surface area contributed by atoms with Gasteiger partial charge in [-0.2, -0.15) is 4.98 Å². The summed E-state index contributed by atoms with van der Waals surface area (Å²) in [7, 11) is 0. The van der Waals surface area contributed by atoms with E-state index >= 15 is 0 Å². The summed E-state index contributed by atoms with van der Waals surface area (Å²) in [5.41, 5.74) is 2.71. The molecule has 0 saturated heterocycles. The van der Waals surface area contributed by atoms with E-state index in [2.05, 4.69) is 20.5 Å². The standard InChI is InChI=1S/C26H28N6O2/c1-6-34-24(33)20-16-21(29-26(3,4)5)28-25(27-20)32-22(18-10-8-7-9-11-18)30-31-23(32)19-14-12-17(2)13-15-19/h7-16H,6H2,1-5H3,(H,27,28,29). The average Bonchev–Trinajstić information content (AvgIpc) is 3.24. The van der Waals surface area contributed by atoms with Crippen molar-refractivity contribution >= 4 is 11.8 Å². The van der Waals surface area contributed by atoms with Crippen LogP contribution >= 0.6 is 0 Å². The molecule has 0 radical (unpaired) electrons. The van der Waals surface area contributed by atoms with Gasteiger partial charge in [0.05, 0.1) is 6.61 Å². The molecule has 8 heteroatoms. The van der Waals surface area contributed by atoms with Crippen LogP contribution in [0, 0.1) is 6.92 Å². The maximum absolute atomic E-state index is 12.7. The number of ether oxygens (including phenoxy) is 1. The van der Waals surface area contributed by atoms with Crippen LogP contribution in [0.25, 0.3) is 28.7 Å². The first-order valence-corrected chi connectivity index (χ1v) is 11.2. The number of anilines is 1. The number of nitrogens with zero attached hydrogens (tertiary/aromatic N) is 5. The summed E-state index contributed by atoms with van der Waals surface area (Å²) < 4.78 is 7.01. The monoisotopic (exact) mass is 456 g/mol. The van der Waals surface area contributed by atoms with Crippen molar-refractivity contribution in [2.45, 2.75) is 40.2 Å². The van der Waals surface area contributed by atoms with Crippen LogP contribution in [-0.2, 0) is 4.74 Å². The van der Waals surface area contributed by atoms with Crippen LogP contribution in [-0.4, -0.2) is 42.8 Å². The first kappa shape index (κ1) is 23.1. The second kappa shape index (κ2) is 9.43. The van der Waals surface area contributed by atoms with Crippen molar-refractivity contribution in [2.24, 2.45) is 0 Å². The minimum atomic E-state index is -0.519. The number of aryl methyl sites for hydroxylation is 1. The molecule has 0 aliphatic rings. The van der Waals surface area contributed by atoms with Crippen molar-refractivity contribution in [1.82, 2.24) is 24.7 Å². The molecule has 2 heterocycles. The summed E-state index contributed by atoms with van der Waals surface area (Å²) in [6.07, 6.45) is 0. The van der Waals surface area contributed by atoms with Gasteiger partial charge in [-0.3, -0.25) is 0 Å². The molecule has 0 amide bonds. The van der Waals surface area contributed by atoms with Crippen LogP contribution in [0.5, 0.6) is 0 Å². The highest BCUT2D eigenvalue weighted by molar-refractivity contribution is 5.88. The maximum Gasteiger partial charge on any atom is 0.357 e. The third-order valence-corrected chi connectivity index (χ3v) is 4.91. The molecule has 4 aromatic rings. The van der Waals surface area contributed by atoms with Gasteiger partial charge in [0.1, 0.15) is 5.82 Å². The normalized spacial score (nSPS) is 11.3. The highest BCUT2D eigenvalue weighted by atomic mass is 16.5. The molecule has 0 spiro atoms. The first-order valence-electron chi connectivity index (χ1n) is 11.2. The molecule has 0 unspecified atom stereocenters. The molecule has 0 saturated carbocycles. The highest BCUT2D eigenvalue weighted by Gasteiger charge is 2.23. The summed E-state index contributed by atoms with van der Waals surface area (Å²) in [6, 6.07) is 19.3. The fraction of sp³-hybridized carbons (Fsp3) is 0.269. The molecular weight excluding hydrogens is 428 g/mol. The fourth-order valence-corrected chi connectivity index (χ4v) is 3.43. The maximum atomic E-state index is 12.7. The Morgan fingerprint density at radius 1 is 0.941 bits per heavy atom. The van der Waals surface area contributed by atoms with Crippen molar-refractivity contribution in [3.8, 4) is 28.7 Å². The number of hydrogen-bond acceptors (Lipinski definition) is 7. The van der Waals surface area contributed by atoms with Crippen LogP contribution in [0.3, 0.4) is 0 Å². The summed E-state index contributed by atoms with van der Waals surface area (Å²) >= 11 is 0. The number of nitrogens with one attached hydrogen (secondary N) is 1. The van der Waals surface area contributed by atoms with Gasteiger partial charge in [0.15, 0.2) is 17.3 Å². The lowest BCUT2D eigenvalue weighted by molar-refractivity contribution is 0.0519. The number of hydrogen-bond donors (Lipinski definition) is 1. The Kier molecular flexibility index (Phi) is 6.40. The predicted molar refractivity (Wildman–Crippen MR) is 132 cm³/mol. The molecule has 0 aliphatic carbocycles. The summed E-state index contributed by atoms with van der Waals surface area (Å²) in [5, 5.41) is 12.3. The summed E-state index contributed by atoms with van der Waals surface area (Å²) in [5.74, 6) is 1.40. The zero-order chi connectivity index (χ0) is 24.3. The van der Waals surface area contributed by atoms with E-state index in [0.29, 0.717) is 17.5 Å². The number of carbonyl (C=O) groups excluding carboxylic acids is 1. The van der Waals surface area contributed by atoms with E-state index in [1.54, 1.807) is 17.6 Å². The van der Waals surface area contributed by atoms with Crippen LogP contribution < -0.4 is 5.32 Å². The van der Waals surface area contributed by atoms with E-state index in [4.69, 9.17) is 9.72 Å². The molecule has 174 valence electrons. The molecule has 0 atom stereocenters. The number of carbonyl (C=O) groups is 1. The van der Waals surface area contributed by atoms with E-state index in [0.717, 1.165) is 16.7 Å². The van der Waals surface area contributed by atoms with Gasteiger partial charge in [-0.15, -0.1) is 10.2 Å². The first-order chi connectivity index (χ1) is 16.2. The molecule has 8 nitrogen and oxygen atoms in total. The zero-order valence-electron chi connectivity index (χ0n) is 20.0. The van der Waals surface area contributed by atoms with E-state index in [-0.39, 0.29) is 23.8 Å². The van der Waals surface area contributed by atoms with Crippen LogP contribution in [0.2, 0.25) is 0 Å². The second-order valence-corrected chi connectivity index (χ2v) is 8.95. The summed E-state index contributed by atoms with van der Waals surface area (Å²) in [4.78, 5) is 22.0. The van der Waals surface area contributed by atoms with Gasteiger partial charge in [0, 0.05) is 22.7 Å². The van der Waals surface area contributed by atoms with Crippen molar-refractivity contribution in [1.29, 1.82) is 0 Å². The van der Waals surface area contributed by atoms with Gasteiger partial charge in [0.2, 0.25) is 5.95 Å². The number of esters is 1. The molecule has 2 aromatic heterocycles. The molecule has 34 heavy (non-hydrogen) atoms.